The van der Waals surface area contributed by atoms with E-state index in [2.05, 4.69) is 9.88 Å². The average Bonchev–Trinajstić information content (AvgIpc) is 2.64. The molecule has 100 valence electrons. The van der Waals surface area contributed by atoms with E-state index < -0.39 is 5.97 Å². The molecule has 0 saturated carbocycles. The van der Waals surface area contributed by atoms with Gasteiger partial charge >= 0.3 is 5.97 Å². The van der Waals surface area contributed by atoms with Crippen molar-refractivity contribution < 1.29 is 9.90 Å². The fraction of sp³-hybridized carbons (Fsp3) is 0.462. The standard InChI is InChI=1S/C13H16N4O2/c14-9-11-3-1-4-12(15-11)17-6-2-5-16(7-8-17)10-13(18)19/h1,3-4H,2,5-8,10H2,(H,18,19). The first kappa shape index (κ1) is 13.3. The summed E-state index contributed by atoms with van der Waals surface area (Å²) in [7, 11) is 0. The van der Waals surface area contributed by atoms with Gasteiger partial charge < -0.3 is 10.0 Å². The largest absolute Gasteiger partial charge is 0.480 e. The Bertz CT molecular complexity index is 498. The lowest BCUT2D eigenvalue weighted by atomic mass is 10.3. The molecule has 0 bridgehead atoms. The van der Waals surface area contributed by atoms with Gasteiger partial charge in [0.15, 0.2) is 0 Å². The summed E-state index contributed by atoms with van der Waals surface area (Å²) in [6.45, 7) is 3.12. The molecule has 1 fully saturated rings. The van der Waals surface area contributed by atoms with Gasteiger partial charge in [-0.15, -0.1) is 0 Å². The van der Waals surface area contributed by atoms with E-state index in [1.807, 2.05) is 23.1 Å². The molecule has 0 aliphatic carbocycles. The first-order chi connectivity index (χ1) is 9.19. The van der Waals surface area contributed by atoms with Crippen molar-refractivity contribution >= 4 is 11.8 Å². The molecule has 6 nitrogen and oxygen atoms in total. The van der Waals surface area contributed by atoms with Gasteiger partial charge in [-0.2, -0.15) is 5.26 Å². The normalized spacial score (nSPS) is 16.7. The van der Waals surface area contributed by atoms with Crippen molar-refractivity contribution in [2.24, 2.45) is 0 Å². The Morgan fingerprint density at radius 2 is 2.21 bits per heavy atom. The van der Waals surface area contributed by atoms with Crippen LogP contribution in [0.25, 0.3) is 0 Å². The van der Waals surface area contributed by atoms with Crippen molar-refractivity contribution in [1.82, 2.24) is 9.88 Å². The number of rotatable bonds is 3. The van der Waals surface area contributed by atoms with Gasteiger partial charge in [-0.25, -0.2) is 4.98 Å². The number of hydrogen-bond donors (Lipinski definition) is 1. The monoisotopic (exact) mass is 260 g/mol. The summed E-state index contributed by atoms with van der Waals surface area (Å²) in [5.74, 6) is -0.00530. The highest BCUT2D eigenvalue weighted by molar-refractivity contribution is 5.69. The van der Waals surface area contributed by atoms with Gasteiger partial charge in [0.1, 0.15) is 17.6 Å². The molecule has 1 aliphatic rings. The van der Waals surface area contributed by atoms with Crippen molar-refractivity contribution in [3.8, 4) is 6.07 Å². The minimum atomic E-state index is -0.793. The Labute approximate surface area is 111 Å². The van der Waals surface area contributed by atoms with E-state index >= 15 is 0 Å². The van der Waals surface area contributed by atoms with Crippen LogP contribution in [0, 0.1) is 11.3 Å². The predicted octanol–water partition coefficient (Wildman–Crippen LogP) is 0.550. The second-order valence-corrected chi connectivity index (χ2v) is 4.50. The van der Waals surface area contributed by atoms with E-state index in [1.54, 1.807) is 6.07 Å². The van der Waals surface area contributed by atoms with Crippen LogP contribution in [0.15, 0.2) is 18.2 Å². The number of nitriles is 1. The second-order valence-electron chi connectivity index (χ2n) is 4.50. The topological polar surface area (TPSA) is 80.5 Å². The molecule has 2 heterocycles. The lowest BCUT2D eigenvalue weighted by Crippen LogP contribution is -2.34. The van der Waals surface area contributed by atoms with Crippen LogP contribution in [-0.2, 0) is 4.79 Å². The zero-order chi connectivity index (χ0) is 13.7. The molecule has 0 amide bonds. The van der Waals surface area contributed by atoms with Crippen LogP contribution in [0.4, 0.5) is 5.82 Å². The molecule has 0 unspecified atom stereocenters. The maximum atomic E-state index is 10.7. The van der Waals surface area contributed by atoms with Crippen molar-refractivity contribution in [1.29, 1.82) is 5.26 Å². The van der Waals surface area contributed by atoms with Crippen LogP contribution in [0.5, 0.6) is 0 Å². The number of carboxylic acids is 1. The van der Waals surface area contributed by atoms with Crippen LogP contribution >= 0.6 is 0 Å². The molecular weight excluding hydrogens is 244 g/mol. The van der Waals surface area contributed by atoms with Gasteiger partial charge in [-0.3, -0.25) is 9.69 Å². The molecule has 1 saturated heterocycles. The molecule has 1 N–H and O–H groups in total. The molecule has 0 atom stereocenters. The van der Waals surface area contributed by atoms with Gasteiger partial charge in [-0.05, 0) is 18.6 Å². The minimum absolute atomic E-state index is 0.0828. The van der Waals surface area contributed by atoms with Crippen LogP contribution < -0.4 is 4.90 Å². The van der Waals surface area contributed by atoms with Crippen molar-refractivity contribution in [3.05, 3.63) is 23.9 Å². The Kier molecular flexibility index (Phi) is 4.31. The fourth-order valence-electron chi connectivity index (χ4n) is 2.21. The molecule has 0 radical (unpaired) electrons. The van der Waals surface area contributed by atoms with Gasteiger partial charge in [0, 0.05) is 26.2 Å². The maximum absolute atomic E-state index is 10.7. The van der Waals surface area contributed by atoms with E-state index in [0.717, 1.165) is 31.9 Å². The number of anilines is 1. The quantitative estimate of drug-likeness (QED) is 0.854. The van der Waals surface area contributed by atoms with E-state index in [-0.39, 0.29) is 6.54 Å². The number of nitrogens with zero attached hydrogens (tertiary/aromatic N) is 4. The van der Waals surface area contributed by atoms with E-state index in [0.29, 0.717) is 12.2 Å². The highest BCUT2D eigenvalue weighted by Gasteiger charge is 2.17. The van der Waals surface area contributed by atoms with Gasteiger partial charge in [0.05, 0.1) is 6.54 Å². The number of aromatic nitrogens is 1. The SMILES string of the molecule is N#Cc1cccc(N2CCCN(CC(=O)O)CC2)n1. The molecule has 6 heteroatoms. The summed E-state index contributed by atoms with van der Waals surface area (Å²) in [4.78, 5) is 19.0. The zero-order valence-corrected chi connectivity index (χ0v) is 10.6. The highest BCUT2D eigenvalue weighted by atomic mass is 16.4. The third kappa shape index (κ3) is 3.66. The summed E-state index contributed by atoms with van der Waals surface area (Å²) in [5.41, 5.74) is 0.407. The first-order valence-electron chi connectivity index (χ1n) is 6.25. The summed E-state index contributed by atoms with van der Waals surface area (Å²) in [6.07, 6.45) is 0.895. The van der Waals surface area contributed by atoms with Crippen molar-refractivity contribution in [2.75, 3.05) is 37.6 Å². The molecule has 2 rings (SSSR count). The number of pyridine rings is 1. The molecule has 0 spiro atoms. The molecule has 1 aromatic rings. The average molecular weight is 260 g/mol. The highest BCUT2D eigenvalue weighted by Crippen LogP contribution is 2.14. The van der Waals surface area contributed by atoms with Gasteiger partial charge in [-0.1, -0.05) is 6.07 Å². The van der Waals surface area contributed by atoms with E-state index in [4.69, 9.17) is 10.4 Å². The molecule has 1 aromatic heterocycles. The first-order valence-corrected chi connectivity index (χ1v) is 6.25. The maximum Gasteiger partial charge on any atom is 0.317 e. The summed E-state index contributed by atoms with van der Waals surface area (Å²) >= 11 is 0. The second kappa shape index (κ2) is 6.16. The van der Waals surface area contributed by atoms with Gasteiger partial charge in [0.2, 0.25) is 0 Å². The smallest absolute Gasteiger partial charge is 0.317 e. The van der Waals surface area contributed by atoms with Crippen molar-refractivity contribution in [3.63, 3.8) is 0 Å². The van der Waals surface area contributed by atoms with Crippen molar-refractivity contribution in [2.45, 2.75) is 6.42 Å². The summed E-state index contributed by atoms with van der Waals surface area (Å²) < 4.78 is 0. The van der Waals surface area contributed by atoms with E-state index in [1.165, 1.54) is 0 Å². The lowest BCUT2D eigenvalue weighted by Gasteiger charge is -2.22. The fourth-order valence-corrected chi connectivity index (χ4v) is 2.21. The number of carboxylic acid groups (broad SMARTS) is 1. The third-order valence-electron chi connectivity index (χ3n) is 3.12. The van der Waals surface area contributed by atoms with Crippen LogP contribution in [-0.4, -0.2) is 53.7 Å². The lowest BCUT2D eigenvalue weighted by molar-refractivity contribution is -0.138. The Balaban J connectivity index is 2.02. The summed E-state index contributed by atoms with van der Waals surface area (Å²) in [5, 5.41) is 17.7. The number of hydrogen-bond acceptors (Lipinski definition) is 5. The Morgan fingerprint density at radius 1 is 1.37 bits per heavy atom. The van der Waals surface area contributed by atoms with Crippen LogP contribution in [0.1, 0.15) is 12.1 Å². The van der Waals surface area contributed by atoms with Gasteiger partial charge in [0.25, 0.3) is 0 Å². The molecular formula is C13H16N4O2. The molecule has 19 heavy (non-hydrogen) atoms. The Hall–Kier alpha value is -2.13. The number of aliphatic carboxylic acids is 1. The zero-order valence-electron chi connectivity index (χ0n) is 10.6. The van der Waals surface area contributed by atoms with Crippen LogP contribution in [0.3, 0.4) is 0 Å². The Morgan fingerprint density at radius 3 is 2.95 bits per heavy atom. The minimum Gasteiger partial charge on any atom is -0.480 e. The third-order valence-corrected chi connectivity index (χ3v) is 3.12. The van der Waals surface area contributed by atoms with Crippen LogP contribution in [0.2, 0.25) is 0 Å². The molecule has 0 aromatic carbocycles. The summed E-state index contributed by atoms with van der Waals surface area (Å²) in [6, 6.07) is 7.41. The number of carbonyl (C=O) groups is 1. The van der Waals surface area contributed by atoms with E-state index in [9.17, 15) is 4.79 Å². The predicted molar refractivity (Wildman–Crippen MR) is 69.9 cm³/mol. The molecule has 1 aliphatic heterocycles.